The Balaban J connectivity index is 2.86. The lowest BCUT2D eigenvalue weighted by Gasteiger charge is -2.34. The number of nitrogens with one attached hydrogen (secondary N) is 2. The van der Waals surface area contributed by atoms with Crippen LogP contribution in [0.15, 0.2) is 5.11 Å². The molecule has 0 bridgehead atoms. The Kier molecular flexibility index (Phi) is 3.31. The Morgan fingerprint density at radius 2 is 2.33 bits per heavy atom. The molecule has 0 spiro atoms. The molecule has 1 fully saturated rings. The molecular formula is C7H10F2N4O2. The van der Waals surface area contributed by atoms with Gasteiger partial charge in [0.1, 0.15) is 22.8 Å². The van der Waals surface area contributed by atoms with Gasteiger partial charge in [0.15, 0.2) is 6.04 Å². The van der Waals surface area contributed by atoms with Crippen molar-refractivity contribution in [2.24, 2.45) is 5.11 Å². The van der Waals surface area contributed by atoms with Gasteiger partial charge < -0.3 is 15.2 Å². The van der Waals surface area contributed by atoms with Gasteiger partial charge >= 0.3 is 0 Å². The van der Waals surface area contributed by atoms with Crippen LogP contribution in [0.2, 0.25) is 0 Å². The highest BCUT2D eigenvalue weighted by molar-refractivity contribution is 5.62. The smallest absolute Gasteiger partial charge is 0.270 e. The molecule has 84 valence electrons. The second-order valence-electron chi connectivity index (χ2n) is 3.35. The molecular weight excluding hydrogens is 210 g/mol. The Bertz CT molecular complexity index is 303. The molecule has 0 aromatic carbocycles. The summed E-state index contributed by atoms with van der Waals surface area (Å²) in [5, 5.41) is 15.1. The van der Waals surface area contributed by atoms with Crippen molar-refractivity contribution < 1.29 is 18.7 Å². The van der Waals surface area contributed by atoms with Crippen LogP contribution in [-0.2, 0) is 0 Å². The van der Waals surface area contributed by atoms with Crippen molar-refractivity contribution in [2.45, 2.75) is 37.3 Å². The van der Waals surface area contributed by atoms with E-state index >= 15 is 0 Å². The minimum atomic E-state index is -3.17. The molecule has 1 amide bonds. The molecule has 0 aromatic rings. The molecule has 0 saturated heterocycles. The zero-order chi connectivity index (χ0) is 11.5. The van der Waals surface area contributed by atoms with Crippen LogP contribution >= 0.6 is 0 Å². The van der Waals surface area contributed by atoms with Gasteiger partial charge in [-0.25, -0.2) is 8.78 Å². The van der Waals surface area contributed by atoms with Gasteiger partial charge in [-0.1, -0.05) is 0 Å². The van der Waals surface area contributed by atoms with E-state index in [4.69, 9.17) is 5.53 Å². The van der Waals surface area contributed by atoms with E-state index in [2.05, 4.69) is 10.0 Å². The molecule has 1 rings (SSSR count). The van der Waals surface area contributed by atoms with Crippen LogP contribution in [-0.4, -0.2) is 24.1 Å². The second-order valence-corrected chi connectivity index (χ2v) is 3.35. The first-order valence-corrected chi connectivity index (χ1v) is 4.39. The van der Waals surface area contributed by atoms with Gasteiger partial charge in [-0.05, 0) is 12.8 Å². The lowest BCUT2D eigenvalue weighted by Crippen LogP contribution is -2.58. The fourth-order valence-corrected chi connectivity index (χ4v) is 1.68. The van der Waals surface area contributed by atoms with Gasteiger partial charge in [0.05, 0.1) is 0 Å². The molecule has 2 atom stereocenters. The highest BCUT2D eigenvalue weighted by Gasteiger charge is 2.49. The molecule has 6 nitrogen and oxygen atoms in total. The number of carboxylic acid groups (broad SMARTS) is 1. The largest absolute Gasteiger partial charge is 0.530 e. The van der Waals surface area contributed by atoms with Crippen LogP contribution in [0.5, 0.6) is 0 Å². The van der Waals surface area contributed by atoms with Crippen molar-refractivity contribution in [1.82, 2.24) is 10.2 Å². The van der Waals surface area contributed by atoms with Gasteiger partial charge in [-0.2, -0.15) is 0 Å². The van der Waals surface area contributed by atoms with Crippen LogP contribution in [0.4, 0.5) is 13.6 Å². The number of alkyl halides is 2. The van der Waals surface area contributed by atoms with E-state index in [0.717, 1.165) is 0 Å². The molecule has 0 heterocycles. The van der Waals surface area contributed by atoms with Gasteiger partial charge in [-0.3, -0.25) is 0 Å². The molecule has 1 aliphatic rings. The summed E-state index contributed by atoms with van der Waals surface area (Å²) in [5.74, 6) is -3.17. The minimum absolute atomic E-state index is 0.224. The predicted octanol–water partition coefficient (Wildman–Crippen LogP) is 0.0261. The summed E-state index contributed by atoms with van der Waals surface area (Å²) in [7, 11) is 0. The molecule has 15 heavy (non-hydrogen) atoms. The molecule has 1 aliphatic carbocycles. The van der Waals surface area contributed by atoms with Gasteiger partial charge in [0, 0.05) is 6.42 Å². The first-order chi connectivity index (χ1) is 6.97. The zero-order valence-corrected chi connectivity index (χ0v) is 7.74. The number of nitrogens with zero attached hydrogens (tertiary/aromatic N) is 2. The minimum Gasteiger partial charge on any atom is -0.530 e. The van der Waals surface area contributed by atoms with Crippen molar-refractivity contribution >= 4 is 6.09 Å². The standard InChI is InChI=1S/C7H10F2N4O2/c8-7(9)3-1-2-4(12-13-10)5(7)11-6(14)15/h4-5,10-11H,1-3H2/t4-,5?/m0/s1. The van der Waals surface area contributed by atoms with Gasteiger partial charge in [0.2, 0.25) is 4.91 Å². The summed E-state index contributed by atoms with van der Waals surface area (Å²) in [6, 6.07) is -2.64. The monoisotopic (exact) mass is 220 g/mol. The Labute approximate surface area is 83.9 Å². The maximum atomic E-state index is 13.3. The molecule has 0 radical (unpaired) electrons. The fraction of sp³-hybridized carbons (Fsp3) is 0.857. The second kappa shape index (κ2) is 4.31. The molecule has 8 heteroatoms. The number of rotatable bonds is 2. The van der Waals surface area contributed by atoms with Crippen molar-refractivity contribution in [3.63, 3.8) is 0 Å². The Morgan fingerprint density at radius 3 is 2.87 bits per heavy atom. The maximum Gasteiger partial charge on any atom is 0.270 e. The SMILES string of the molecule is N=[N+]=N[C@H]1CCCC(F)(F)C1NC(=O)[O-]. The molecule has 0 aliphatic heterocycles. The Hall–Kier alpha value is -1.56. The number of hydrogen-bond acceptors (Lipinski definition) is 4. The van der Waals surface area contributed by atoms with E-state index < -0.39 is 30.5 Å². The van der Waals surface area contributed by atoms with Crippen molar-refractivity contribution in [2.75, 3.05) is 0 Å². The fourth-order valence-electron chi connectivity index (χ4n) is 1.68. The number of hydrogen-bond donors (Lipinski definition) is 2. The van der Waals surface area contributed by atoms with Crippen molar-refractivity contribution in [1.29, 1.82) is 5.53 Å². The van der Waals surface area contributed by atoms with Crippen molar-refractivity contribution in [3.05, 3.63) is 0 Å². The van der Waals surface area contributed by atoms with E-state index in [1.165, 1.54) is 0 Å². The first-order valence-electron chi connectivity index (χ1n) is 4.39. The highest BCUT2D eigenvalue weighted by atomic mass is 19.3. The van der Waals surface area contributed by atoms with E-state index in [0.29, 0.717) is 0 Å². The number of carbonyl (C=O) groups is 1. The lowest BCUT2D eigenvalue weighted by atomic mass is 9.87. The van der Waals surface area contributed by atoms with Crippen LogP contribution in [0.3, 0.4) is 0 Å². The van der Waals surface area contributed by atoms with E-state index in [-0.39, 0.29) is 12.8 Å². The topological polar surface area (TPSA) is 102 Å². The average molecular weight is 220 g/mol. The van der Waals surface area contributed by atoms with Crippen LogP contribution in [0, 0.1) is 5.53 Å². The summed E-state index contributed by atoms with van der Waals surface area (Å²) < 4.78 is 26.6. The molecule has 1 unspecified atom stereocenters. The van der Waals surface area contributed by atoms with Crippen LogP contribution in [0.25, 0.3) is 0 Å². The average Bonchev–Trinajstić information content (AvgIpc) is 2.10. The quantitative estimate of drug-likeness (QED) is 0.506. The predicted molar refractivity (Wildman–Crippen MR) is 42.2 cm³/mol. The third-order valence-electron chi connectivity index (χ3n) is 2.33. The maximum absolute atomic E-state index is 13.3. The summed E-state index contributed by atoms with van der Waals surface area (Å²) in [5.41, 5.74) is 6.46. The summed E-state index contributed by atoms with van der Waals surface area (Å²) in [6.07, 6.45) is -1.67. The van der Waals surface area contributed by atoms with E-state index in [1.54, 1.807) is 5.32 Å². The number of halogens is 2. The number of amides is 1. The number of carbonyl (C=O) groups excluding carboxylic acids is 1. The van der Waals surface area contributed by atoms with Crippen molar-refractivity contribution in [3.8, 4) is 0 Å². The van der Waals surface area contributed by atoms with Gasteiger partial charge in [-0.15, -0.1) is 0 Å². The highest BCUT2D eigenvalue weighted by Crippen LogP contribution is 2.34. The van der Waals surface area contributed by atoms with E-state index in [9.17, 15) is 18.7 Å². The molecule has 2 N–H and O–H groups in total. The lowest BCUT2D eigenvalue weighted by molar-refractivity contribution is -0.254. The normalized spacial score (nSPS) is 28.9. The van der Waals surface area contributed by atoms with Crippen LogP contribution in [0.1, 0.15) is 19.3 Å². The zero-order valence-electron chi connectivity index (χ0n) is 7.74. The summed E-state index contributed by atoms with van der Waals surface area (Å²) in [6.45, 7) is 0. The first kappa shape index (κ1) is 11.5. The molecule has 1 saturated carbocycles. The Morgan fingerprint density at radius 1 is 1.67 bits per heavy atom. The van der Waals surface area contributed by atoms with E-state index in [1.807, 2.05) is 0 Å². The third kappa shape index (κ3) is 2.69. The van der Waals surface area contributed by atoms with Crippen LogP contribution < -0.4 is 15.3 Å². The summed E-state index contributed by atoms with van der Waals surface area (Å²) in [4.78, 5) is 12.9. The third-order valence-corrected chi connectivity index (χ3v) is 2.33. The van der Waals surface area contributed by atoms with Gasteiger partial charge in [0.25, 0.3) is 5.92 Å². The summed E-state index contributed by atoms with van der Waals surface area (Å²) >= 11 is 0. The molecule has 0 aromatic heterocycles.